The van der Waals surface area contributed by atoms with E-state index in [0.717, 1.165) is 0 Å². The SMILES string of the molecule is O=S(=O)(N/N=C/c1ccc(O)cc1)c1ccc(Cl)cc1. The fraction of sp³-hybridized carbons (Fsp3) is 0. The maximum atomic E-state index is 11.9. The van der Waals surface area contributed by atoms with Gasteiger partial charge in [0.25, 0.3) is 10.0 Å². The highest BCUT2D eigenvalue weighted by atomic mass is 35.5. The second-order valence-electron chi connectivity index (χ2n) is 3.90. The predicted octanol–water partition coefficient (Wildman–Crippen LogP) is 2.36. The summed E-state index contributed by atoms with van der Waals surface area (Å²) in [6.45, 7) is 0. The highest BCUT2D eigenvalue weighted by Crippen LogP contribution is 2.13. The summed E-state index contributed by atoms with van der Waals surface area (Å²) >= 11 is 5.69. The number of phenols is 1. The van der Waals surface area contributed by atoms with Crippen molar-refractivity contribution in [3.8, 4) is 5.75 Å². The molecular weight excluding hydrogens is 300 g/mol. The molecule has 0 radical (unpaired) electrons. The van der Waals surface area contributed by atoms with E-state index in [-0.39, 0.29) is 10.6 Å². The van der Waals surface area contributed by atoms with E-state index in [4.69, 9.17) is 16.7 Å². The highest BCUT2D eigenvalue weighted by molar-refractivity contribution is 7.89. The molecule has 0 saturated carbocycles. The van der Waals surface area contributed by atoms with Gasteiger partial charge in [0.1, 0.15) is 5.75 Å². The number of hydrazone groups is 1. The van der Waals surface area contributed by atoms with Gasteiger partial charge in [0.05, 0.1) is 11.1 Å². The van der Waals surface area contributed by atoms with Crippen LogP contribution in [-0.4, -0.2) is 19.7 Å². The average molecular weight is 311 g/mol. The van der Waals surface area contributed by atoms with Crippen LogP contribution < -0.4 is 4.83 Å². The number of nitrogens with one attached hydrogen (secondary N) is 1. The molecule has 2 rings (SSSR count). The molecule has 20 heavy (non-hydrogen) atoms. The zero-order valence-electron chi connectivity index (χ0n) is 10.2. The lowest BCUT2D eigenvalue weighted by atomic mass is 10.2. The Hall–Kier alpha value is -2.05. The summed E-state index contributed by atoms with van der Waals surface area (Å²) in [5.74, 6) is 0.129. The first-order valence-corrected chi connectivity index (χ1v) is 7.43. The molecule has 2 aromatic carbocycles. The van der Waals surface area contributed by atoms with Gasteiger partial charge in [-0.1, -0.05) is 11.6 Å². The number of hydrogen-bond donors (Lipinski definition) is 2. The molecule has 0 aliphatic carbocycles. The summed E-state index contributed by atoms with van der Waals surface area (Å²) < 4.78 is 23.8. The summed E-state index contributed by atoms with van der Waals surface area (Å²) in [6.07, 6.45) is 1.34. The standard InChI is InChI=1S/C13H11ClN2O3S/c14-11-3-7-13(8-4-11)20(18,19)16-15-9-10-1-5-12(17)6-2-10/h1-9,16-17H/b15-9+. The molecular formula is C13H11ClN2O3S. The fourth-order valence-electron chi connectivity index (χ4n) is 1.40. The van der Waals surface area contributed by atoms with Gasteiger partial charge < -0.3 is 5.11 Å². The molecule has 2 N–H and O–H groups in total. The van der Waals surface area contributed by atoms with Gasteiger partial charge in [0.2, 0.25) is 0 Å². The van der Waals surface area contributed by atoms with E-state index in [0.29, 0.717) is 10.6 Å². The minimum absolute atomic E-state index is 0.0738. The normalized spacial score (nSPS) is 11.7. The van der Waals surface area contributed by atoms with Crippen LogP contribution in [0.3, 0.4) is 0 Å². The molecule has 104 valence electrons. The molecule has 7 heteroatoms. The first kappa shape index (κ1) is 14.4. The molecule has 2 aromatic rings. The molecule has 0 unspecified atom stereocenters. The Morgan fingerprint density at radius 2 is 1.65 bits per heavy atom. The third-order valence-electron chi connectivity index (χ3n) is 2.40. The van der Waals surface area contributed by atoms with Crippen LogP contribution in [0.1, 0.15) is 5.56 Å². The lowest BCUT2D eigenvalue weighted by Crippen LogP contribution is -2.18. The number of aromatic hydroxyl groups is 1. The van der Waals surface area contributed by atoms with Gasteiger partial charge in [-0.3, -0.25) is 0 Å². The molecule has 0 heterocycles. The minimum Gasteiger partial charge on any atom is -0.508 e. The smallest absolute Gasteiger partial charge is 0.276 e. The molecule has 0 atom stereocenters. The first-order valence-electron chi connectivity index (χ1n) is 5.57. The van der Waals surface area contributed by atoms with Crippen molar-refractivity contribution >= 4 is 27.8 Å². The molecule has 0 amide bonds. The van der Waals surface area contributed by atoms with Crippen LogP contribution in [0.15, 0.2) is 58.5 Å². The van der Waals surface area contributed by atoms with Crippen molar-refractivity contribution in [2.24, 2.45) is 5.10 Å². The Bertz CT molecular complexity index is 710. The van der Waals surface area contributed by atoms with Gasteiger partial charge in [-0.25, -0.2) is 4.83 Å². The quantitative estimate of drug-likeness (QED) is 0.672. The Balaban J connectivity index is 2.09. The lowest BCUT2D eigenvalue weighted by Gasteiger charge is -2.03. The van der Waals surface area contributed by atoms with E-state index >= 15 is 0 Å². The summed E-state index contributed by atoms with van der Waals surface area (Å²) in [6, 6.07) is 11.9. The van der Waals surface area contributed by atoms with Gasteiger partial charge in [0, 0.05) is 5.02 Å². The number of phenolic OH excluding ortho intramolecular Hbond substituents is 1. The van der Waals surface area contributed by atoms with Crippen molar-refractivity contribution in [3.63, 3.8) is 0 Å². The number of hydrogen-bond acceptors (Lipinski definition) is 4. The number of benzene rings is 2. The van der Waals surface area contributed by atoms with Crippen LogP contribution in [-0.2, 0) is 10.0 Å². The van der Waals surface area contributed by atoms with Crippen LogP contribution in [0.2, 0.25) is 5.02 Å². The van der Waals surface area contributed by atoms with Crippen molar-refractivity contribution in [2.45, 2.75) is 4.90 Å². The molecule has 0 bridgehead atoms. The van der Waals surface area contributed by atoms with Gasteiger partial charge in [-0.2, -0.15) is 13.5 Å². The van der Waals surface area contributed by atoms with Crippen molar-refractivity contribution in [1.82, 2.24) is 4.83 Å². The monoisotopic (exact) mass is 310 g/mol. The summed E-state index contributed by atoms with van der Waals surface area (Å²) in [5.41, 5.74) is 0.654. The molecule has 0 aliphatic heterocycles. The van der Waals surface area contributed by atoms with Gasteiger partial charge in [-0.05, 0) is 54.1 Å². The predicted molar refractivity (Wildman–Crippen MR) is 77.5 cm³/mol. The van der Waals surface area contributed by atoms with Gasteiger partial charge in [-0.15, -0.1) is 0 Å². The number of nitrogens with zero attached hydrogens (tertiary/aromatic N) is 1. The largest absolute Gasteiger partial charge is 0.508 e. The first-order chi connectivity index (χ1) is 9.47. The average Bonchev–Trinajstić information content (AvgIpc) is 2.41. The zero-order valence-corrected chi connectivity index (χ0v) is 11.8. The van der Waals surface area contributed by atoms with Crippen molar-refractivity contribution < 1.29 is 13.5 Å². The zero-order chi connectivity index (χ0) is 14.6. The summed E-state index contributed by atoms with van der Waals surface area (Å²) in [5, 5.41) is 13.2. The Kier molecular flexibility index (Phi) is 4.26. The molecule has 0 saturated heterocycles. The van der Waals surface area contributed by atoms with Crippen molar-refractivity contribution in [2.75, 3.05) is 0 Å². The Labute approximate surface area is 121 Å². The third kappa shape index (κ3) is 3.72. The third-order valence-corrected chi connectivity index (χ3v) is 3.89. The highest BCUT2D eigenvalue weighted by Gasteiger charge is 2.11. The second kappa shape index (κ2) is 5.94. The van der Waals surface area contributed by atoms with Crippen molar-refractivity contribution in [3.05, 3.63) is 59.1 Å². The van der Waals surface area contributed by atoms with E-state index in [9.17, 15) is 8.42 Å². The maximum absolute atomic E-state index is 11.9. The van der Waals surface area contributed by atoms with E-state index in [2.05, 4.69) is 9.93 Å². The molecule has 0 spiro atoms. The van der Waals surface area contributed by atoms with Crippen LogP contribution >= 0.6 is 11.6 Å². The van der Waals surface area contributed by atoms with E-state index < -0.39 is 10.0 Å². The molecule has 0 aliphatic rings. The van der Waals surface area contributed by atoms with E-state index in [1.807, 2.05) is 0 Å². The molecule has 5 nitrogen and oxygen atoms in total. The molecule has 0 aromatic heterocycles. The van der Waals surface area contributed by atoms with Gasteiger partial charge in [0.15, 0.2) is 0 Å². The van der Waals surface area contributed by atoms with E-state index in [1.165, 1.54) is 42.6 Å². The second-order valence-corrected chi connectivity index (χ2v) is 6.00. The summed E-state index contributed by atoms with van der Waals surface area (Å²) in [4.78, 5) is 2.17. The van der Waals surface area contributed by atoms with Crippen LogP contribution in [0, 0.1) is 0 Å². The minimum atomic E-state index is -3.71. The van der Waals surface area contributed by atoms with Crippen LogP contribution in [0.5, 0.6) is 5.75 Å². The lowest BCUT2D eigenvalue weighted by molar-refractivity contribution is 0.475. The van der Waals surface area contributed by atoms with Crippen LogP contribution in [0.25, 0.3) is 0 Å². The molecule has 0 fully saturated rings. The maximum Gasteiger partial charge on any atom is 0.276 e. The van der Waals surface area contributed by atoms with E-state index in [1.54, 1.807) is 12.1 Å². The summed E-state index contributed by atoms with van der Waals surface area (Å²) in [7, 11) is -3.71. The topological polar surface area (TPSA) is 78.8 Å². The number of sulfonamides is 1. The Morgan fingerprint density at radius 1 is 1.05 bits per heavy atom. The van der Waals surface area contributed by atoms with Crippen LogP contribution in [0.4, 0.5) is 0 Å². The van der Waals surface area contributed by atoms with Crippen molar-refractivity contribution in [1.29, 1.82) is 0 Å². The van der Waals surface area contributed by atoms with Gasteiger partial charge >= 0.3 is 0 Å². The number of rotatable bonds is 4. The number of halogens is 1. The Morgan fingerprint density at radius 3 is 2.25 bits per heavy atom. The fourth-order valence-corrected chi connectivity index (χ4v) is 2.31.